The number of fused-ring (bicyclic) bond motifs is 1. The normalized spacial score (nSPS) is 10.8. The number of pyridine rings is 1. The van der Waals surface area contributed by atoms with Gasteiger partial charge in [0.1, 0.15) is 7.05 Å². The molecule has 0 unspecified atom stereocenters. The zero-order valence-electron chi connectivity index (χ0n) is 18.2. The highest BCUT2D eigenvalue weighted by molar-refractivity contribution is 7.80. The van der Waals surface area contributed by atoms with Crippen LogP contribution in [0.25, 0.3) is 22.0 Å². The van der Waals surface area contributed by atoms with Crippen molar-refractivity contribution in [2.75, 3.05) is 35.5 Å². The van der Waals surface area contributed by atoms with Gasteiger partial charge in [-0.15, -0.1) is 0 Å². The molecule has 0 N–H and O–H groups in total. The number of aromatic nitrogens is 1. The van der Waals surface area contributed by atoms with Crippen LogP contribution in [-0.2, 0) is 21.6 Å². The van der Waals surface area contributed by atoms with E-state index in [0.29, 0.717) is 23.0 Å². The van der Waals surface area contributed by atoms with Gasteiger partial charge < -0.3 is 23.5 Å². The SMILES string of the molecule is COS(=O)(=O)[O-].COc1ccc(-c2cc3cc(OC)c(OC)cc3c[n+]2C)cc1OC. The van der Waals surface area contributed by atoms with Gasteiger partial charge in [0, 0.05) is 11.5 Å². The Bertz CT molecular complexity index is 1160. The Balaban J connectivity index is 0.000000501. The fourth-order valence-electron chi connectivity index (χ4n) is 2.96. The number of ether oxygens (including phenoxy) is 4. The molecule has 0 bridgehead atoms. The third-order valence-electron chi connectivity index (χ3n) is 4.48. The third-order valence-corrected chi connectivity index (χ3v) is 4.89. The van der Waals surface area contributed by atoms with Crippen molar-refractivity contribution in [2.24, 2.45) is 7.05 Å². The third kappa shape index (κ3) is 5.97. The maximum atomic E-state index is 9.22. The average molecular weight is 451 g/mol. The second-order valence-electron chi connectivity index (χ2n) is 6.25. The lowest BCUT2D eigenvalue weighted by Crippen LogP contribution is -2.30. The van der Waals surface area contributed by atoms with E-state index in [4.69, 9.17) is 18.9 Å². The molecule has 0 saturated heterocycles. The summed E-state index contributed by atoms with van der Waals surface area (Å²) in [6.45, 7) is 0. The first-order valence-corrected chi connectivity index (χ1v) is 10.3. The van der Waals surface area contributed by atoms with E-state index < -0.39 is 10.4 Å². The second-order valence-corrected chi connectivity index (χ2v) is 7.40. The van der Waals surface area contributed by atoms with Crippen LogP contribution in [0.5, 0.6) is 23.0 Å². The molecule has 0 aliphatic carbocycles. The standard InChI is InChI=1S/C20H22NO4.CH4O4S/c1-21-12-15-11-20(25-5)19(24-4)10-14(15)8-16(21)13-6-7-17(22-2)18(9-13)23-3;1-5-6(2,3)4/h6-12H,1-5H3;1H3,(H,2,3,4)/q+1;/p-1. The molecular formula is C21H25NO8S. The number of hydrogen-bond acceptors (Lipinski definition) is 8. The number of hydrogen-bond donors (Lipinski definition) is 0. The van der Waals surface area contributed by atoms with Crippen LogP contribution in [0.2, 0.25) is 0 Å². The molecule has 0 aliphatic heterocycles. The molecule has 0 fully saturated rings. The Hall–Kier alpha value is -3.08. The largest absolute Gasteiger partial charge is 0.726 e. The molecule has 0 atom stereocenters. The molecule has 0 spiro atoms. The molecule has 0 radical (unpaired) electrons. The van der Waals surface area contributed by atoms with Gasteiger partial charge in [0.25, 0.3) is 0 Å². The summed E-state index contributed by atoms with van der Waals surface area (Å²) in [5, 5.41) is 2.14. The predicted molar refractivity (Wildman–Crippen MR) is 113 cm³/mol. The zero-order chi connectivity index (χ0) is 23.2. The monoisotopic (exact) mass is 451 g/mol. The summed E-state index contributed by atoms with van der Waals surface area (Å²) in [5.74, 6) is 2.84. The predicted octanol–water partition coefficient (Wildman–Crippen LogP) is 2.46. The van der Waals surface area contributed by atoms with Gasteiger partial charge in [0.15, 0.2) is 29.2 Å². The van der Waals surface area contributed by atoms with Crippen LogP contribution in [0.15, 0.2) is 42.6 Å². The number of aryl methyl sites for hydroxylation is 1. The fraction of sp³-hybridized carbons (Fsp3) is 0.286. The lowest BCUT2D eigenvalue weighted by Gasteiger charge is -2.11. The lowest BCUT2D eigenvalue weighted by atomic mass is 10.1. The minimum Gasteiger partial charge on any atom is -0.726 e. The molecule has 31 heavy (non-hydrogen) atoms. The summed E-state index contributed by atoms with van der Waals surface area (Å²) in [5.41, 5.74) is 2.09. The zero-order valence-corrected chi connectivity index (χ0v) is 19.0. The highest BCUT2D eigenvalue weighted by Gasteiger charge is 2.16. The Morgan fingerprint density at radius 3 is 1.71 bits per heavy atom. The van der Waals surface area contributed by atoms with Crippen LogP contribution in [0.3, 0.4) is 0 Å². The van der Waals surface area contributed by atoms with Crippen molar-refractivity contribution in [2.45, 2.75) is 0 Å². The quantitative estimate of drug-likeness (QED) is 0.320. The van der Waals surface area contributed by atoms with Gasteiger partial charge in [-0.05, 0) is 35.7 Å². The van der Waals surface area contributed by atoms with Gasteiger partial charge in [-0.3, -0.25) is 4.18 Å². The first-order chi connectivity index (χ1) is 14.7. The highest BCUT2D eigenvalue weighted by Crippen LogP contribution is 2.35. The van der Waals surface area contributed by atoms with E-state index in [1.165, 1.54) is 0 Å². The molecule has 0 aliphatic rings. The highest BCUT2D eigenvalue weighted by atomic mass is 32.3. The molecule has 168 valence electrons. The van der Waals surface area contributed by atoms with Crippen LogP contribution in [0.1, 0.15) is 0 Å². The Morgan fingerprint density at radius 2 is 1.23 bits per heavy atom. The Kier molecular flexibility index (Phi) is 8.03. The molecule has 3 aromatic rings. The van der Waals surface area contributed by atoms with Crippen molar-refractivity contribution in [1.29, 1.82) is 0 Å². The molecule has 1 aromatic heterocycles. The van der Waals surface area contributed by atoms with Crippen molar-refractivity contribution in [1.82, 2.24) is 0 Å². The van der Waals surface area contributed by atoms with Crippen molar-refractivity contribution < 1.29 is 40.7 Å². The summed E-state index contributed by atoms with van der Waals surface area (Å²) < 4.78 is 54.7. The van der Waals surface area contributed by atoms with E-state index in [0.717, 1.165) is 29.1 Å². The molecule has 0 saturated carbocycles. The van der Waals surface area contributed by atoms with Crippen LogP contribution in [-0.4, -0.2) is 48.5 Å². The Morgan fingerprint density at radius 1 is 0.742 bits per heavy atom. The number of methoxy groups -OCH3 is 4. The van der Waals surface area contributed by atoms with Gasteiger partial charge in [-0.25, -0.2) is 13.0 Å². The first-order valence-electron chi connectivity index (χ1n) is 8.96. The number of benzene rings is 2. The second kappa shape index (κ2) is 10.3. The van der Waals surface area contributed by atoms with E-state index in [1.807, 2.05) is 37.4 Å². The van der Waals surface area contributed by atoms with E-state index in [2.05, 4.69) is 21.0 Å². The van der Waals surface area contributed by atoms with E-state index >= 15 is 0 Å². The molecule has 2 aromatic carbocycles. The van der Waals surface area contributed by atoms with Crippen molar-refractivity contribution in [3.05, 3.63) is 42.6 Å². The van der Waals surface area contributed by atoms with E-state index in [9.17, 15) is 13.0 Å². The first kappa shape index (κ1) is 24.2. The van der Waals surface area contributed by atoms with Crippen molar-refractivity contribution in [3.63, 3.8) is 0 Å². The smallest absolute Gasteiger partial charge is 0.217 e. The Labute approximate surface area is 181 Å². The van der Waals surface area contributed by atoms with E-state index in [-0.39, 0.29) is 0 Å². The average Bonchev–Trinajstić information content (AvgIpc) is 2.77. The molecule has 9 nitrogen and oxygen atoms in total. The van der Waals surface area contributed by atoms with Crippen LogP contribution in [0, 0.1) is 0 Å². The maximum Gasteiger partial charge on any atom is 0.217 e. The summed E-state index contributed by atoms with van der Waals surface area (Å²) in [6, 6.07) is 12.0. The van der Waals surface area contributed by atoms with Gasteiger partial charge in [-0.2, -0.15) is 0 Å². The summed E-state index contributed by atoms with van der Waals surface area (Å²) in [6.07, 6.45) is 2.07. The molecule has 0 amide bonds. The van der Waals surface area contributed by atoms with Crippen LogP contribution < -0.4 is 23.5 Å². The number of rotatable bonds is 6. The van der Waals surface area contributed by atoms with Crippen molar-refractivity contribution >= 4 is 21.2 Å². The van der Waals surface area contributed by atoms with E-state index in [1.54, 1.807) is 28.4 Å². The molecule has 3 rings (SSSR count). The van der Waals surface area contributed by atoms with Crippen LogP contribution in [0.4, 0.5) is 0 Å². The molecule has 1 heterocycles. The van der Waals surface area contributed by atoms with Gasteiger partial charge in [-0.1, -0.05) is 0 Å². The fourth-order valence-corrected chi connectivity index (χ4v) is 2.96. The minimum atomic E-state index is -4.41. The molecular weight excluding hydrogens is 426 g/mol. The number of nitrogens with zero attached hydrogens (tertiary/aromatic N) is 1. The minimum absolute atomic E-state index is 0.701. The van der Waals surface area contributed by atoms with Gasteiger partial charge in [0.05, 0.1) is 41.1 Å². The van der Waals surface area contributed by atoms with Crippen molar-refractivity contribution in [3.8, 4) is 34.3 Å². The lowest BCUT2D eigenvalue weighted by molar-refractivity contribution is -0.659. The topological polar surface area (TPSA) is 107 Å². The summed E-state index contributed by atoms with van der Waals surface area (Å²) in [7, 11) is 4.96. The van der Waals surface area contributed by atoms with Crippen LogP contribution >= 0.6 is 0 Å². The molecule has 10 heteroatoms. The van der Waals surface area contributed by atoms with Gasteiger partial charge in [0.2, 0.25) is 16.1 Å². The summed E-state index contributed by atoms with van der Waals surface area (Å²) >= 11 is 0. The summed E-state index contributed by atoms with van der Waals surface area (Å²) in [4.78, 5) is 0. The maximum absolute atomic E-state index is 9.22. The van der Waals surface area contributed by atoms with Gasteiger partial charge >= 0.3 is 0 Å².